The summed E-state index contributed by atoms with van der Waals surface area (Å²) in [5, 5.41) is 6.08. The van der Waals surface area contributed by atoms with E-state index in [-0.39, 0.29) is 6.03 Å². The zero-order valence-corrected chi connectivity index (χ0v) is 11.6. The number of rotatable bonds is 4. The molecule has 3 nitrogen and oxygen atoms in total. The SMILES string of the molecule is O=C(N/C=C/c1cccc(Cl)c1)NCc1ccccc1. The van der Waals surface area contributed by atoms with E-state index in [2.05, 4.69) is 10.6 Å². The van der Waals surface area contributed by atoms with Crippen molar-refractivity contribution in [3.05, 3.63) is 76.9 Å². The Hall–Kier alpha value is -2.26. The lowest BCUT2D eigenvalue weighted by molar-refractivity contribution is 0.244. The Labute approximate surface area is 123 Å². The van der Waals surface area contributed by atoms with Crippen LogP contribution in [0, 0.1) is 0 Å². The van der Waals surface area contributed by atoms with Crippen molar-refractivity contribution in [3.63, 3.8) is 0 Å². The highest BCUT2D eigenvalue weighted by atomic mass is 35.5. The fourth-order valence-corrected chi connectivity index (χ4v) is 1.85. The minimum Gasteiger partial charge on any atom is -0.334 e. The number of benzene rings is 2. The Morgan fingerprint density at radius 3 is 2.65 bits per heavy atom. The van der Waals surface area contributed by atoms with Crippen molar-refractivity contribution in [1.29, 1.82) is 0 Å². The molecule has 2 aromatic carbocycles. The van der Waals surface area contributed by atoms with Crippen LogP contribution in [0.5, 0.6) is 0 Å². The van der Waals surface area contributed by atoms with Gasteiger partial charge in [-0.1, -0.05) is 54.1 Å². The summed E-state index contributed by atoms with van der Waals surface area (Å²) in [7, 11) is 0. The summed E-state index contributed by atoms with van der Waals surface area (Å²) in [6.45, 7) is 0.498. The quantitative estimate of drug-likeness (QED) is 0.882. The highest BCUT2D eigenvalue weighted by Crippen LogP contribution is 2.11. The summed E-state index contributed by atoms with van der Waals surface area (Å²) < 4.78 is 0. The standard InChI is InChI=1S/C16H15ClN2O/c17-15-8-4-7-13(11-15)9-10-18-16(20)19-12-14-5-2-1-3-6-14/h1-11H,12H2,(H2,18,19,20)/b10-9+. The van der Waals surface area contributed by atoms with Gasteiger partial charge in [0.05, 0.1) is 0 Å². The molecular formula is C16H15ClN2O. The first-order valence-corrected chi connectivity index (χ1v) is 6.62. The number of carbonyl (C=O) groups is 1. The molecule has 2 aromatic rings. The Morgan fingerprint density at radius 2 is 1.90 bits per heavy atom. The van der Waals surface area contributed by atoms with E-state index < -0.39 is 0 Å². The molecule has 0 heterocycles. The number of nitrogens with one attached hydrogen (secondary N) is 2. The molecule has 0 saturated heterocycles. The van der Waals surface area contributed by atoms with E-state index in [1.807, 2.05) is 48.5 Å². The lowest BCUT2D eigenvalue weighted by Crippen LogP contribution is -2.31. The topological polar surface area (TPSA) is 41.1 Å². The molecule has 0 unspecified atom stereocenters. The first-order chi connectivity index (χ1) is 9.74. The van der Waals surface area contributed by atoms with Crippen molar-refractivity contribution in [3.8, 4) is 0 Å². The van der Waals surface area contributed by atoms with Gasteiger partial charge in [0.25, 0.3) is 0 Å². The van der Waals surface area contributed by atoms with Crippen molar-refractivity contribution in [2.45, 2.75) is 6.54 Å². The third-order valence-electron chi connectivity index (χ3n) is 2.63. The third kappa shape index (κ3) is 4.78. The molecule has 0 aliphatic carbocycles. The monoisotopic (exact) mass is 286 g/mol. The molecule has 0 aliphatic heterocycles. The van der Waals surface area contributed by atoms with Gasteiger partial charge in [0.1, 0.15) is 0 Å². The second-order valence-corrected chi connectivity index (χ2v) is 4.64. The van der Waals surface area contributed by atoms with Crippen LogP contribution < -0.4 is 10.6 Å². The third-order valence-corrected chi connectivity index (χ3v) is 2.87. The first-order valence-electron chi connectivity index (χ1n) is 6.24. The van der Waals surface area contributed by atoms with Crippen LogP contribution in [-0.4, -0.2) is 6.03 Å². The van der Waals surface area contributed by atoms with Crippen LogP contribution in [0.4, 0.5) is 4.79 Å². The van der Waals surface area contributed by atoms with Crippen molar-refractivity contribution >= 4 is 23.7 Å². The molecule has 0 spiro atoms. The molecule has 0 fully saturated rings. The normalized spacial score (nSPS) is 10.4. The van der Waals surface area contributed by atoms with Gasteiger partial charge in [-0.2, -0.15) is 0 Å². The van der Waals surface area contributed by atoms with Gasteiger partial charge in [0, 0.05) is 17.8 Å². The second kappa shape index (κ2) is 7.36. The van der Waals surface area contributed by atoms with Gasteiger partial charge >= 0.3 is 6.03 Å². The number of urea groups is 1. The number of hydrogen-bond donors (Lipinski definition) is 2. The maximum atomic E-state index is 11.6. The molecule has 0 aromatic heterocycles. The lowest BCUT2D eigenvalue weighted by Gasteiger charge is -2.04. The molecule has 0 radical (unpaired) electrons. The van der Waals surface area contributed by atoms with E-state index in [1.54, 1.807) is 18.3 Å². The smallest absolute Gasteiger partial charge is 0.319 e. The zero-order valence-electron chi connectivity index (χ0n) is 10.8. The Bertz CT molecular complexity index is 596. The molecule has 0 aliphatic rings. The van der Waals surface area contributed by atoms with E-state index in [9.17, 15) is 4.79 Å². The van der Waals surface area contributed by atoms with E-state index in [4.69, 9.17) is 11.6 Å². The van der Waals surface area contributed by atoms with Crippen LogP contribution in [0.2, 0.25) is 5.02 Å². The minimum atomic E-state index is -0.243. The maximum absolute atomic E-state index is 11.6. The summed E-state index contributed by atoms with van der Waals surface area (Å²) in [6.07, 6.45) is 3.37. The molecule has 102 valence electrons. The summed E-state index contributed by atoms with van der Waals surface area (Å²) >= 11 is 5.87. The first kappa shape index (κ1) is 14.2. The Morgan fingerprint density at radius 1 is 1.10 bits per heavy atom. The zero-order chi connectivity index (χ0) is 14.2. The highest BCUT2D eigenvalue weighted by molar-refractivity contribution is 6.30. The molecule has 2 rings (SSSR count). The molecule has 20 heavy (non-hydrogen) atoms. The number of hydrogen-bond acceptors (Lipinski definition) is 1. The number of halogens is 1. The van der Waals surface area contributed by atoms with Crippen LogP contribution >= 0.6 is 11.6 Å². The van der Waals surface area contributed by atoms with Gasteiger partial charge in [-0.3, -0.25) is 0 Å². The molecule has 2 N–H and O–H groups in total. The Kier molecular flexibility index (Phi) is 5.21. The fraction of sp³-hybridized carbons (Fsp3) is 0.0625. The van der Waals surface area contributed by atoms with E-state index in [0.29, 0.717) is 11.6 Å². The van der Waals surface area contributed by atoms with Gasteiger partial charge in [-0.25, -0.2) is 4.79 Å². The van der Waals surface area contributed by atoms with Crippen LogP contribution in [-0.2, 0) is 6.54 Å². The van der Waals surface area contributed by atoms with Crippen LogP contribution in [0.3, 0.4) is 0 Å². The summed E-state index contributed by atoms with van der Waals surface area (Å²) in [5.74, 6) is 0. The minimum absolute atomic E-state index is 0.243. The Balaban J connectivity index is 1.78. The molecule has 4 heteroatoms. The summed E-state index contributed by atoms with van der Waals surface area (Å²) in [6, 6.07) is 16.9. The van der Waals surface area contributed by atoms with Crippen molar-refractivity contribution in [1.82, 2.24) is 10.6 Å². The summed E-state index contributed by atoms with van der Waals surface area (Å²) in [5.41, 5.74) is 1.99. The van der Waals surface area contributed by atoms with Crippen molar-refractivity contribution in [2.75, 3.05) is 0 Å². The van der Waals surface area contributed by atoms with Crippen molar-refractivity contribution < 1.29 is 4.79 Å². The summed E-state index contributed by atoms with van der Waals surface area (Å²) in [4.78, 5) is 11.6. The molecule has 0 atom stereocenters. The lowest BCUT2D eigenvalue weighted by atomic mass is 10.2. The van der Waals surface area contributed by atoms with Crippen LogP contribution in [0.15, 0.2) is 60.8 Å². The predicted octanol–water partition coefficient (Wildman–Crippen LogP) is 3.81. The fourth-order valence-electron chi connectivity index (χ4n) is 1.65. The molecular weight excluding hydrogens is 272 g/mol. The number of carbonyl (C=O) groups excluding carboxylic acids is 1. The van der Waals surface area contributed by atoms with E-state index >= 15 is 0 Å². The number of amides is 2. The molecule has 0 bridgehead atoms. The average molecular weight is 287 g/mol. The molecule has 2 amide bonds. The largest absolute Gasteiger partial charge is 0.334 e. The van der Waals surface area contributed by atoms with Gasteiger partial charge in [-0.05, 0) is 29.3 Å². The van der Waals surface area contributed by atoms with Gasteiger partial charge in [-0.15, -0.1) is 0 Å². The van der Waals surface area contributed by atoms with E-state index in [0.717, 1.165) is 11.1 Å². The van der Waals surface area contributed by atoms with Crippen LogP contribution in [0.25, 0.3) is 6.08 Å². The predicted molar refractivity (Wildman–Crippen MR) is 82.3 cm³/mol. The van der Waals surface area contributed by atoms with Crippen LogP contribution in [0.1, 0.15) is 11.1 Å². The maximum Gasteiger partial charge on any atom is 0.319 e. The average Bonchev–Trinajstić information content (AvgIpc) is 2.46. The van der Waals surface area contributed by atoms with Gasteiger partial charge in [0.15, 0.2) is 0 Å². The van der Waals surface area contributed by atoms with Crippen molar-refractivity contribution in [2.24, 2.45) is 0 Å². The highest BCUT2D eigenvalue weighted by Gasteiger charge is 1.97. The second-order valence-electron chi connectivity index (χ2n) is 4.20. The van der Waals surface area contributed by atoms with Gasteiger partial charge < -0.3 is 10.6 Å². The van der Waals surface area contributed by atoms with E-state index in [1.165, 1.54) is 0 Å². The van der Waals surface area contributed by atoms with Gasteiger partial charge in [0.2, 0.25) is 0 Å². The molecule has 0 saturated carbocycles.